The summed E-state index contributed by atoms with van der Waals surface area (Å²) in [7, 11) is 0. The number of anilines is 1. The lowest BCUT2D eigenvalue weighted by molar-refractivity contribution is -0.384. The van der Waals surface area contributed by atoms with Crippen LogP contribution in [0.25, 0.3) is 17.1 Å². The van der Waals surface area contributed by atoms with Crippen LogP contribution in [0.5, 0.6) is 0 Å². The molecule has 0 spiro atoms. The first-order chi connectivity index (χ1) is 15.0. The molecular formula is C17H12N10O4. The molecule has 1 amide bonds. The molecular weight excluding hydrogens is 408 g/mol. The van der Waals surface area contributed by atoms with Gasteiger partial charge in [0.15, 0.2) is 5.69 Å². The molecule has 0 fully saturated rings. The highest BCUT2D eigenvalue weighted by Crippen LogP contribution is 2.28. The van der Waals surface area contributed by atoms with Crippen LogP contribution in [-0.4, -0.2) is 47.3 Å². The predicted molar refractivity (Wildman–Crippen MR) is 105 cm³/mol. The number of benzene rings is 1. The van der Waals surface area contributed by atoms with Gasteiger partial charge in [0.2, 0.25) is 11.6 Å². The number of carbonyl (C=O) groups is 1. The first-order valence-electron chi connectivity index (χ1n) is 8.57. The molecule has 0 saturated heterocycles. The van der Waals surface area contributed by atoms with Crippen LogP contribution in [0.4, 0.5) is 11.5 Å². The molecule has 14 nitrogen and oxygen atoms in total. The SMILES string of the molecule is Nc1nonc1-n1nnc(C(=O)NN=Cc2ccncc2)c1-c1cccc([N+](=O)[O-])c1. The summed E-state index contributed by atoms with van der Waals surface area (Å²) in [6, 6.07) is 8.96. The van der Waals surface area contributed by atoms with E-state index < -0.39 is 10.8 Å². The fourth-order valence-electron chi connectivity index (χ4n) is 2.61. The van der Waals surface area contributed by atoms with Crippen LogP contribution in [0.1, 0.15) is 16.1 Å². The molecule has 3 aromatic heterocycles. The summed E-state index contributed by atoms with van der Waals surface area (Å²) in [4.78, 5) is 27.3. The number of amides is 1. The van der Waals surface area contributed by atoms with E-state index in [2.05, 4.69) is 40.8 Å². The third-order valence-electron chi connectivity index (χ3n) is 4.00. The van der Waals surface area contributed by atoms with Crippen molar-refractivity contribution in [2.24, 2.45) is 5.10 Å². The average molecular weight is 420 g/mol. The molecule has 0 aliphatic rings. The van der Waals surface area contributed by atoms with E-state index in [-0.39, 0.29) is 34.3 Å². The van der Waals surface area contributed by atoms with Crippen molar-refractivity contribution in [3.63, 3.8) is 0 Å². The lowest BCUT2D eigenvalue weighted by Gasteiger charge is -2.05. The van der Waals surface area contributed by atoms with E-state index in [1.807, 2.05) is 0 Å². The molecule has 0 bridgehead atoms. The van der Waals surface area contributed by atoms with E-state index in [0.717, 1.165) is 4.68 Å². The van der Waals surface area contributed by atoms with Crippen LogP contribution in [0.3, 0.4) is 0 Å². The molecule has 0 aliphatic carbocycles. The number of hydrogen-bond donors (Lipinski definition) is 2. The highest BCUT2D eigenvalue weighted by atomic mass is 16.6. The van der Waals surface area contributed by atoms with Crippen molar-refractivity contribution in [3.05, 3.63) is 70.2 Å². The Bertz CT molecular complexity index is 1280. The standard InChI is InChI=1S/C17H12N10O4/c18-15-16(24-31-23-15)26-14(11-2-1-3-12(8-11)27(29)30)13(21-25-26)17(28)22-20-9-10-4-6-19-7-5-10/h1-9H,(H2,18,23)(H,22,28). The number of nitro groups is 1. The minimum Gasteiger partial charge on any atom is -0.378 e. The second kappa shape index (κ2) is 8.16. The van der Waals surface area contributed by atoms with Crippen molar-refractivity contribution in [2.45, 2.75) is 0 Å². The lowest BCUT2D eigenvalue weighted by Crippen LogP contribution is -2.19. The monoisotopic (exact) mass is 420 g/mol. The maximum absolute atomic E-state index is 12.7. The number of non-ortho nitro benzene ring substituents is 1. The number of nitro benzene ring substituents is 1. The van der Waals surface area contributed by atoms with Crippen molar-refractivity contribution in [3.8, 4) is 17.1 Å². The predicted octanol–water partition coefficient (Wildman–Crippen LogP) is 0.967. The van der Waals surface area contributed by atoms with Gasteiger partial charge in [0, 0.05) is 30.1 Å². The highest BCUT2D eigenvalue weighted by Gasteiger charge is 2.26. The van der Waals surface area contributed by atoms with Gasteiger partial charge in [-0.25, -0.2) is 10.1 Å². The number of pyridine rings is 1. The molecule has 0 saturated carbocycles. The average Bonchev–Trinajstić information content (AvgIpc) is 3.40. The zero-order chi connectivity index (χ0) is 21.8. The summed E-state index contributed by atoms with van der Waals surface area (Å²) in [5.74, 6) is -0.860. The van der Waals surface area contributed by atoms with Gasteiger partial charge in [-0.15, -0.1) is 5.10 Å². The Kier molecular flexibility index (Phi) is 5.08. The van der Waals surface area contributed by atoms with Crippen LogP contribution in [0.15, 0.2) is 58.5 Å². The number of aromatic nitrogens is 6. The smallest absolute Gasteiger partial charge is 0.294 e. The zero-order valence-electron chi connectivity index (χ0n) is 15.5. The fourth-order valence-corrected chi connectivity index (χ4v) is 2.61. The van der Waals surface area contributed by atoms with Crippen molar-refractivity contribution < 1.29 is 14.3 Å². The minimum atomic E-state index is -0.715. The van der Waals surface area contributed by atoms with Gasteiger partial charge in [-0.05, 0) is 28.0 Å². The van der Waals surface area contributed by atoms with E-state index in [0.29, 0.717) is 5.56 Å². The maximum Gasteiger partial charge on any atom is 0.294 e. The Hall–Kier alpha value is -5.01. The van der Waals surface area contributed by atoms with Crippen molar-refractivity contribution in [1.29, 1.82) is 0 Å². The van der Waals surface area contributed by atoms with Crippen LogP contribution >= 0.6 is 0 Å². The van der Waals surface area contributed by atoms with E-state index in [1.54, 1.807) is 30.6 Å². The molecule has 14 heteroatoms. The number of nitrogens with two attached hydrogens (primary N) is 1. The topological polar surface area (TPSA) is 193 Å². The van der Waals surface area contributed by atoms with Crippen LogP contribution < -0.4 is 11.2 Å². The highest BCUT2D eigenvalue weighted by molar-refractivity contribution is 5.99. The molecule has 31 heavy (non-hydrogen) atoms. The van der Waals surface area contributed by atoms with Gasteiger partial charge in [-0.3, -0.25) is 19.9 Å². The Balaban J connectivity index is 1.74. The number of nitrogens with one attached hydrogen (secondary N) is 1. The van der Waals surface area contributed by atoms with Crippen molar-refractivity contribution >= 4 is 23.6 Å². The molecule has 3 heterocycles. The number of carbonyl (C=O) groups excluding carboxylic acids is 1. The van der Waals surface area contributed by atoms with E-state index in [1.165, 1.54) is 24.4 Å². The molecule has 1 aromatic carbocycles. The first kappa shape index (κ1) is 19.3. The van der Waals surface area contributed by atoms with Gasteiger partial charge in [-0.2, -0.15) is 9.78 Å². The van der Waals surface area contributed by atoms with Gasteiger partial charge in [0.25, 0.3) is 11.6 Å². The quantitative estimate of drug-likeness (QED) is 0.258. The summed E-state index contributed by atoms with van der Waals surface area (Å²) >= 11 is 0. The molecule has 0 aliphatic heterocycles. The van der Waals surface area contributed by atoms with Crippen molar-refractivity contribution in [1.82, 2.24) is 35.7 Å². The second-order valence-corrected chi connectivity index (χ2v) is 5.96. The Morgan fingerprint density at radius 2 is 2.06 bits per heavy atom. The minimum absolute atomic E-state index is 0.0339. The van der Waals surface area contributed by atoms with Crippen LogP contribution in [0.2, 0.25) is 0 Å². The van der Waals surface area contributed by atoms with Gasteiger partial charge in [-0.1, -0.05) is 17.3 Å². The summed E-state index contributed by atoms with van der Waals surface area (Å²) in [6.45, 7) is 0. The number of hydrogen-bond acceptors (Lipinski definition) is 11. The van der Waals surface area contributed by atoms with Gasteiger partial charge < -0.3 is 5.73 Å². The number of nitrogen functional groups attached to an aromatic ring is 1. The Morgan fingerprint density at radius 1 is 1.26 bits per heavy atom. The molecule has 0 unspecified atom stereocenters. The molecule has 4 aromatic rings. The summed E-state index contributed by atoms with van der Waals surface area (Å²) in [5, 5.41) is 30.0. The number of rotatable bonds is 6. The molecule has 0 atom stereocenters. The van der Waals surface area contributed by atoms with Gasteiger partial charge >= 0.3 is 0 Å². The maximum atomic E-state index is 12.7. The Labute approximate surface area is 172 Å². The zero-order valence-corrected chi connectivity index (χ0v) is 15.5. The molecule has 3 N–H and O–H groups in total. The third kappa shape index (κ3) is 3.93. The number of nitrogens with zero attached hydrogens (tertiary/aromatic N) is 8. The van der Waals surface area contributed by atoms with Gasteiger partial charge in [0.05, 0.1) is 11.1 Å². The van der Waals surface area contributed by atoms with E-state index >= 15 is 0 Å². The summed E-state index contributed by atoms with van der Waals surface area (Å²) in [5.41, 5.74) is 8.77. The van der Waals surface area contributed by atoms with E-state index in [4.69, 9.17) is 5.73 Å². The Morgan fingerprint density at radius 3 is 2.77 bits per heavy atom. The molecule has 0 radical (unpaired) electrons. The largest absolute Gasteiger partial charge is 0.378 e. The normalized spacial score (nSPS) is 11.0. The van der Waals surface area contributed by atoms with Gasteiger partial charge in [0.1, 0.15) is 5.69 Å². The first-order valence-corrected chi connectivity index (χ1v) is 8.57. The molecule has 4 rings (SSSR count). The van der Waals surface area contributed by atoms with Crippen LogP contribution in [0, 0.1) is 10.1 Å². The number of hydrazone groups is 1. The van der Waals surface area contributed by atoms with Crippen LogP contribution in [-0.2, 0) is 0 Å². The lowest BCUT2D eigenvalue weighted by atomic mass is 10.1. The van der Waals surface area contributed by atoms with E-state index in [9.17, 15) is 14.9 Å². The molecule has 154 valence electrons. The van der Waals surface area contributed by atoms with Crippen molar-refractivity contribution in [2.75, 3.05) is 5.73 Å². The summed E-state index contributed by atoms with van der Waals surface area (Å²) in [6.07, 6.45) is 4.56. The second-order valence-electron chi connectivity index (χ2n) is 5.96. The summed E-state index contributed by atoms with van der Waals surface area (Å²) < 4.78 is 5.69. The third-order valence-corrected chi connectivity index (χ3v) is 4.00. The fraction of sp³-hybridized carbons (Fsp3) is 0.